The molecular formula is C4H3BrN2OS. The third-order valence-electron chi connectivity index (χ3n) is 0.683. The number of nitrogens with one attached hydrogen (secondary N) is 1. The predicted octanol–water partition coefficient (Wildman–Crippen LogP) is 1.47. The number of halogens is 1. The van der Waals surface area contributed by atoms with Gasteiger partial charge >= 0.3 is 0 Å². The topological polar surface area (TPSA) is 42.0 Å². The largest absolute Gasteiger partial charge is 0.313 e. The van der Waals surface area contributed by atoms with Gasteiger partial charge in [0.15, 0.2) is 3.92 Å². The molecule has 48 valence electrons. The monoisotopic (exact) mass is 206 g/mol. The molecule has 0 saturated heterocycles. The summed E-state index contributed by atoms with van der Waals surface area (Å²) in [5.41, 5.74) is 0. The molecule has 1 heterocycles. The number of hydrogen-bond donors (Lipinski definition) is 1. The maximum Gasteiger partial charge on any atom is 0.212 e. The molecule has 0 bridgehead atoms. The molecule has 9 heavy (non-hydrogen) atoms. The zero-order chi connectivity index (χ0) is 6.69. The number of thiazole rings is 1. The molecule has 1 amide bonds. The SMILES string of the molecule is O=CNc1csc(Br)n1. The summed E-state index contributed by atoms with van der Waals surface area (Å²) in [6, 6.07) is 0. The van der Waals surface area contributed by atoms with Crippen molar-refractivity contribution in [3.63, 3.8) is 0 Å². The summed E-state index contributed by atoms with van der Waals surface area (Å²) >= 11 is 4.58. The average Bonchev–Trinajstić information content (AvgIpc) is 2.17. The van der Waals surface area contributed by atoms with Gasteiger partial charge in [0.25, 0.3) is 0 Å². The Bertz CT molecular complexity index is 212. The van der Waals surface area contributed by atoms with E-state index >= 15 is 0 Å². The highest BCUT2D eigenvalue weighted by Gasteiger charge is 1.94. The second kappa shape index (κ2) is 2.93. The Morgan fingerprint density at radius 2 is 2.67 bits per heavy atom. The molecule has 0 atom stereocenters. The average molecular weight is 207 g/mol. The van der Waals surface area contributed by atoms with E-state index in [0.717, 1.165) is 3.92 Å². The highest BCUT2D eigenvalue weighted by molar-refractivity contribution is 9.11. The third-order valence-corrected chi connectivity index (χ3v) is 2.05. The van der Waals surface area contributed by atoms with Crippen LogP contribution in [0.25, 0.3) is 0 Å². The minimum Gasteiger partial charge on any atom is -0.313 e. The van der Waals surface area contributed by atoms with E-state index in [9.17, 15) is 4.79 Å². The maximum absolute atomic E-state index is 9.82. The minimum absolute atomic E-state index is 0.585. The van der Waals surface area contributed by atoms with Crippen molar-refractivity contribution in [2.75, 3.05) is 5.32 Å². The molecule has 1 aromatic rings. The second-order valence-electron chi connectivity index (χ2n) is 1.25. The molecule has 0 aliphatic carbocycles. The lowest BCUT2D eigenvalue weighted by molar-refractivity contribution is -0.105. The molecule has 0 aliphatic heterocycles. The van der Waals surface area contributed by atoms with Crippen LogP contribution in [0.5, 0.6) is 0 Å². The molecule has 0 saturated carbocycles. The summed E-state index contributed by atoms with van der Waals surface area (Å²) in [6.07, 6.45) is 0.599. The Hall–Kier alpha value is -0.420. The first-order chi connectivity index (χ1) is 4.33. The summed E-state index contributed by atoms with van der Waals surface area (Å²) in [6.45, 7) is 0. The number of carbonyl (C=O) groups excluding carboxylic acids is 1. The molecule has 3 nitrogen and oxygen atoms in total. The fraction of sp³-hybridized carbons (Fsp3) is 0. The van der Waals surface area contributed by atoms with Crippen molar-refractivity contribution in [3.05, 3.63) is 9.30 Å². The zero-order valence-corrected chi connectivity index (χ0v) is 6.70. The van der Waals surface area contributed by atoms with Gasteiger partial charge in [0.05, 0.1) is 0 Å². The lowest BCUT2D eigenvalue weighted by Crippen LogP contribution is -1.92. The van der Waals surface area contributed by atoms with E-state index in [0.29, 0.717) is 12.2 Å². The highest BCUT2D eigenvalue weighted by Crippen LogP contribution is 2.18. The molecule has 0 spiro atoms. The van der Waals surface area contributed by atoms with Crippen LogP contribution >= 0.6 is 27.3 Å². The van der Waals surface area contributed by atoms with Gasteiger partial charge in [-0.2, -0.15) is 0 Å². The van der Waals surface area contributed by atoms with E-state index in [4.69, 9.17) is 0 Å². The van der Waals surface area contributed by atoms with Crippen LogP contribution in [0, 0.1) is 0 Å². The number of anilines is 1. The summed E-state index contributed by atoms with van der Waals surface area (Å²) < 4.78 is 0.770. The first-order valence-corrected chi connectivity index (χ1v) is 3.81. The van der Waals surface area contributed by atoms with Crippen molar-refractivity contribution in [3.8, 4) is 0 Å². The molecule has 0 aliphatic rings. The smallest absolute Gasteiger partial charge is 0.212 e. The van der Waals surface area contributed by atoms with Crippen molar-refractivity contribution in [1.29, 1.82) is 0 Å². The van der Waals surface area contributed by atoms with Crippen LogP contribution in [0.15, 0.2) is 9.30 Å². The summed E-state index contributed by atoms with van der Waals surface area (Å²) in [7, 11) is 0. The van der Waals surface area contributed by atoms with Crippen LogP contribution in [-0.4, -0.2) is 11.4 Å². The lowest BCUT2D eigenvalue weighted by atomic mass is 10.8. The highest BCUT2D eigenvalue weighted by atomic mass is 79.9. The predicted molar refractivity (Wildman–Crippen MR) is 39.5 cm³/mol. The molecule has 1 N–H and O–H groups in total. The van der Waals surface area contributed by atoms with Crippen LogP contribution in [0.1, 0.15) is 0 Å². The molecule has 0 radical (unpaired) electrons. The van der Waals surface area contributed by atoms with Crippen LogP contribution in [0.4, 0.5) is 5.82 Å². The van der Waals surface area contributed by atoms with Gasteiger partial charge in [-0.3, -0.25) is 4.79 Å². The van der Waals surface area contributed by atoms with Gasteiger partial charge in [-0.1, -0.05) is 0 Å². The van der Waals surface area contributed by atoms with Gasteiger partial charge < -0.3 is 5.32 Å². The molecule has 0 fully saturated rings. The van der Waals surface area contributed by atoms with Crippen molar-refractivity contribution < 1.29 is 4.79 Å². The molecule has 1 aromatic heterocycles. The summed E-state index contributed by atoms with van der Waals surface area (Å²) in [4.78, 5) is 13.7. The Balaban J connectivity index is 2.72. The van der Waals surface area contributed by atoms with Crippen molar-refractivity contribution in [2.45, 2.75) is 0 Å². The van der Waals surface area contributed by atoms with Crippen LogP contribution in [0.3, 0.4) is 0 Å². The number of hydrogen-bond acceptors (Lipinski definition) is 3. The van der Waals surface area contributed by atoms with Crippen LogP contribution < -0.4 is 5.32 Å². The number of amides is 1. The molecule has 1 rings (SSSR count). The van der Waals surface area contributed by atoms with E-state index < -0.39 is 0 Å². The number of aromatic nitrogens is 1. The van der Waals surface area contributed by atoms with Gasteiger partial charge in [0.2, 0.25) is 6.41 Å². The Kier molecular flexibility index (Phi) is 2.18. The van der Waals surface area contributed by atoms with Crippen molar-refractivity contribution in [1.82, 2.24) is 4.98 Å². The second-order valence-corrected chi connectivity index (χ2v) is 3.38. The van der Waals surface area contributed by atoms with E-state index in [1.54, 1.807) is 5.38 Å². The Morgan fingerprint density at radius 1 is 1.89 bits per heavy atom. The third kappa shape index (κ3) is 1.76. The molecule has 5 heteroatoms. The van der Waals surface area contributed by atoms with Gasteiger partial charge in [0, 0.05) is 5.38 Å². The summed E-state index contributed by atoms with van der Waals surface area (Å²) in [5.74, 6) is 0.585. The standard InChI is InChI=1S/C4H3BrN2OS/c5-4-7-3(1-9-4)6-2-8/h1-2H,(H,6,8). The van der Waals surface area contributed by atoms with E-state index in [1.165, 1.54) is 11.3 Å². The fourth-order valence-corrected chi connectivity index (χ4v) is 1.33. The number of carbonyl (C=O) groups is 1. The zero-order valence-electron chi connectivity index (χ0n) is 4.30. The molecular weight excluding hydrogens is 204 g/mol. The first kappa shape index (κ1) is 6.70. The Morgan fingerprint density at radius 3 is 3.11 bits per heavy atom. The van der Waals surface area contributed by atoms with Crippen LogP contribution in [0.2, 0.25) is 0 Å². The van der Waals surface area contributed by atoms with Crippen LogP contribution in [-0.2, 0) is 4.79 Å². The van der Waals surface area contributed by atoms with Crippen molar-refractivity contribution in [2.24, 2.45) is 0 Å². The number of rotatable bonds is 2. The lowest BCUT2D eigenvalue weighted by Gasteiger charge is -1.84. The van der Waals surface area contributed by atoms with Gasteiger partial charge in [-0.15, -0.1) is 11.3 Å². The quantitative estimate of drug-likeness (QED) is 0.746. The minimum atomic E-state index is 0.585. The van der Waals surface area contributed by atoms with Gasteiger partial charge in [0.1, 0.15) is 5.82 Å². The van der Waals surface area contributed by atoms with Gasteiger partial charge in [-0.05, 0) is 15.9 Å². The van der Waals surface area contributed by atoms with E-state index in [-0.39, 0.29) is 0 Å². The Labute approximate surface area is 64.2 Å². The number of nitrogens with zero attached hydrogens (tertiary/aromatic N) is 1. The molecule has 0 aromatic carbocycles. The first-order valence-electron chi connectivity index (χ1n) is 2.14. The molecule has 0 unspecified atom stereocenters. The van der Waals surface area contributed by atoms with Crippen molar-refractivity contribution >= 4 is 39.5 Å². The van der Waals surface area contributed by atoms with E-state index in [1.807, 2.05) is 0 Å². The van der Waals surface area contributed by atoms with Gasteiger partial charge in [-0.25, -0.2) is 4.98 Å². The normalized spacial score (nSPS) is 9.00. The summed E-state index contributed by atoms with van der Waals surface area (Å²) in [5, 5.41) is 4.17. The van der Waals surface area contributed by atoms with E-state index in [2.05, 4.69) is 26.2 Å². The maximum atomic E-state index is 9.82. The fourth-order valence-electron chi connectivity index (χ4n) is 0.379.